The minimum Gasteiger partial charge on any atom is -0.363 e. The molecule has 3 heterocycles. The summed E-state index contributed by atoms with van der Waals surface area (Å²) >= 11 is 0. The van der Waals surface area contributed by atoms with E-state index in [0.717, 1.165) is 31.6 Å². The number of carbonyl (C=O) groups is 1. The summed E-state index contributed by atoms with van der Waals surface area (Å²) in [6, 6.07) is 9.01. The number of benzene rings is 1. The number of carbonyl (C=O) groups excluding carboxylic acids is 1. The zero-order chi connectivity index (χ0) is 19.2. The zero-order valence-electron chi connectivity index (χ0n) is 16.2. The highest BCUT2D eigenvalue weighted by Crippen LogP contribution is 2.44. The highest BCUT2D eigenvalue weighted by Gasteiger charge is 2.48. The van der Waals surface area contributed by atoms with Crippen molar-refractivity contribution in [1.82, 2.24) is 14.7 Å². The zero-order valence-corrected chi connectivity index (χ0v) is 16.2. The monoisotopic (exact) mass is 370 g/mol. The number of hydrogen-bond donors (Lipinski definition) is 0. The van der Waals surface area contributed by atoms with Crippen molar-refractivity contribution < 1.29 is 9.18 Å². The Morgan fingerprint density at radius 3 is 2.85 bits per heavy atom. The Morgan fingerprint density at radius 2 is 2.15 bits per heavy atom. The molecule has 2 aliphatic heterocycles. The maximum Gasteiger partial charge on any atom is 0.274 e. The standard InChI is InChI=1S/C21H27FN4O/c1-4-25-11-8-18(23-25)20(27)24-10-9-19-15(14-24)13-21(2,3)26(19)17-7-5-6-16(22)12-17/h5-8,11-12,15,19H,4,9-10,13-14H2,1-3H3/t15-,19+/m1/s1. The molecule has 144 valence electrons. The third kappa shape index (κ3) is 3.22. The Bertz CT molecular complexity index is 846. The molecule has 0 bridgehead atoms. The van der Waals surface area contributed by atoms with Gasteiger partial charge in [-0.1, -0.05) is 6.07 Å². The van der Waals surface area contributed by atoms with Crippen LogP contribution in [0.2, 0.25) is 0 Å². The Balaban J connectivity index is 1.53. The summed E-state index contributed by atoms with van der Waals surface area (Å²) in [5.74, 6) is 0.197. The number of likely N-dealkylation sites (tertiary alicyclic amines) is 1. The van der Waals surface area contributed by atoms with Crippen LogP contribution in [0.5, 0.6) is 0 Å². The molecule has 0 spiro atoms. The number of piperidine rings is 1. The highest BCUT2D eigenvalue weighted by atomic mass is 19.1. The lowest BCUT2D eigenvalue weighted by molar-refractivity contribution is 0.0660. The van der Waals surface area contributed by atoms with E-state index < -0.39 is 0 Å². The van der Waals surface area contributed by atoms with Crippen LogP contribution in [0.1, 0.15) is 44.1 Å². The molecule has 2 atom stereocenters. The molecule has 2 saturated heterocycles. The third-order valence-corrected chi connectivity index (χ3v) is 6.00. The second-order valence-corrected chi connectivity index (χ2v) is 8.29. The highest BCUT2D eigenvalue weighted by molar-refractivity contribution is 5.92. The molecule has 2 aliphatic rings. The molecule has 0 aliphatic carbocycles. The summed E-state index contributed by atoms with van der Waals surface area (Å²) < 4.78 is 15.6. The van der Waals surface area contributed by atoms with Crippen molar-refractivity contribution in [3.05, 3.63) is 48.0 Å². The number of aromatic nitrogens is 2. The molecule has 1 aromatic carbocycles. The van der Waals surface area contributed by atoms with Gasteiger partial charge >= 0.3 is 0 Å². The van der Waals surface area contributed by atoms with Crippen molar-refractivity contribution in [3.63, 3.8) is 0 Å². The van der Waals surface area contributed by atoms with Crippen molar-refractivity contribution in [3.8, 4) is 0 Å². The van der Waals surface area contributed by atoms with E-state index in [-0.39, 0.29) is 17.3 Å². The lowest BCUT2D eigenvalue weighted by Crippen LogP contribution is -2.50. The Hall–Kier alpha value is -2.37. The number of rotatable bonds is 3. The second-order valence-electron chi connectivity index (χ2n) is 8.29. The van der Waals surface area contributed by atoms with E-state index >= 15 is 0 Å². The molecule has 0 radical (unpaired) electrons. The van der Waals surface area contributed by atoms with Crippen LogP contribution in [0.3, 0.4) is 0 Å². The van der Waals surface area contributed by atoms with Crippen molar-refractivity contribution in [2.24, 2.45) is 5.92 Å². The average Bonchev–Trinajstić information content (AvgIpc) is 3.21. The Morgan fingerprint density at radius 1 is 1.33 bits per heavy atom. The number of fused-ring (bicyclic) bond motifs is 1. The first kappa shape index (κ1) is 18.0. The van der Waals surface area contributed by atoms with Gasteiger partial charge < -0.3 is 9.80 Å². The fraction of sp³-hybridized carbons (Fsp3) is 0.524. The largest absolute Gasteiger partial charge is 0.363 e. The van der Waals surface area contributed by atoms with Gasteiger partial charge in [-0.05, 0) is 63.8 Å². The summed E-state index contributed by atoms with van der Waals surface area (Å²) in [7, 11) is 0. The van der Waals surface area contributed by atoms with Gasteiger partial charge in [0.2, 0.25) is 0 Å². The van der Waals surface area contributed by atoms with E-state index in [1.165, 1.54) is 6.07 Å². The SMILES string of the molecule is CCn1ccc(C(=O)N2CC[C@H]3[C@@H](C2)CC(C)(C)N3c2cccc(F)c2)n1. The Labute approximate surface area is 159 Å². The molecule has 27 heavy (non-hydrogen) atoms. The molecule has 5 nitrogen and oxygen atoms in total. The first-order valence-electron chi connectivity index (χ1n) is 9.76. The van der Waals surface area contributed by atoms with E-state index in [9.17, 15) is 9.18 Å². The number of hydrogen-bond acceptors (Lipinski definition) is 3. The fourth-order valence-electron chi connectivity index (χ4n) is 4.91. The lowest BCUT2D eigenvalue weighted by Gasteiger charge is -2.41. The molecule has 2 aromatic rings. The van der Waals surface area contributed by atoms with Gasteiger partial charge in [-0.3, -0.25) is 9.48 Å². The van der Waals surface area contributed by atoms with Crippen molar-refractivity contribution in [2.45, 2.75) is 51.7 Å². The first-order valence-corrected chi connectivity index (χ1v) is 9.76. The van der Waals surface area contributed by atoms with Crippen LogP contribution in [0.25, 0.3) is 0 Å². The van der Waals surface area contributed by atoms with Gasteiger partial charge in [-0.15, -0.1) is 0 Å². The van der Waals surface area contributed by atoms with Crippen molar-refractivity contribution in [2.75, 3.05) is 18.0 Å². The summed E-state index contributed by atoms with van der Waals surface area (Å²) in [5, 5.41) is 4.36. The smallest absolute Gasteiger partial charge is 0.274 e. The maximum absolute atomic E-state index is 13.8. The van der Waals surface area contributed by atoms with Gasteiger partial charge in [-0.2, -0.15) is 5.10 Å². The van der Waals surface area contributed by atoms with Crippen LogP contribution in [0.15, 0.2) is 36.5 Å². The number of nitrogens with zero attached hydrogens (tertiary/aromatic N) is 4. The van der Waals surface area contributed by atoms with Crippen molar-refractivity contribution in [1.29, 1.82) is 0 Å². The summed E-state index contributed by atoms with van der Waals surface area (Å²) in [5.41, 5.74) is 1.40. The summed E-state index contributed by atoms with van der Waals surface area (Å²) in [6.07, 6.45) is 3.73. The first-order chi connectivity index (χ1) is 12.9. The summed E-state index contributed by atoms with van der Waals surface area (Å²) in [6.45, 7) is 8.64. The van der Waals surface area contributed by atoms with Crippen LogP contribution in [0, 0.1) is 11.7 Å². The van der Waals surface area contributed by atoms with E-state index in [2.05, 4.69) is 23.8 Å². The Kier molecular flexibility index (Phi) is 4.44. The summed E-state index contributed by atoms with van der Waals surface area (Å²) in [4.78, 5) is 17.2. The maximum atomic E-state index is 13.8. The molecular formula is C21H27FN4O. The molecule has 0 N–H and O–H groups in total. The molecular weight excluding hydrogens is 343 g/mol. The normalized spacial score (nSPS) is 24.1. The van der Waals surface area contributed by atoms with E-state index in [1.54, 1.807) is 22.9 Å². The molecule has 1 aromatic heterocycles. The van der Waals surface area contributed by atoms with E-state index in [1.807, 2.05) is 24.1 Å². The number of aryl methyl sites for hydroxylation is 1. The van der Waals surface area contributed by atoms with Gasteiger partial charge in [0.1, 0.15) is 11.5 Å². The van der Waals surface area contributed by atoms with Crippen LogP contribution < -0.4 is 4.90 Å². The van der Waals surface area contributed by atoms with Gasteiger partial charge in [0.05, 0.1) is 0 Å². The molecule has 4 rings (SSSR count). The molecule has 1 amide bonds. The third-order valence-electron chi connectivity index (χ3n) is 6.00. The molecule has 0 saturated carbocycles. The van der Waals surface area contributed by atoms with E-state index in [4.69, 9.17) is 0 Å². The number of halogens is 1. The fourth-order valence-corrected chi connectivity index (χ4v) is 4.91. The second kappa shape index (κ2) is 6.66. The molecule has 2 fully saturated rings. The topological polar surface area (TPSA) is 41.4 Å². The minimum absolute atomic E-state index is 0.0164. The minimum atomic E-state index is -0.203. The number of amides is 1. The van der Waals surface area contributed by atoms with Gasteiger partial charge in [0.15, 0.2) is 0 Å². The van der Waals surface area contributed by atoms with Crippen LogP contribution >= 0.6 is 0 Å². The molecule has 0 unspecified atom stereocenters. The lowest BCUT2D eigenvalue weighted by atomic mass is 9.89. The number of anilines is 1. The van der Waals surface area contributed by atoms with Gasteiger partial charge in [-0.25, -0.2) is 4.39 Å². The average molecular weight is 370 g/mol. The molecule has 6 heteroatoms. The quantitative estimate of drug-likeness (QED) is 0.830. The predicted octanol–water partition coefficient (Wildman–Crippen LogP) is 3.56. The van der Waals surface area contributed by atoms with Crippen LogP contribution in [0.4, 0.5) is 10.1 Å². The van der Waals surface area contributed by atoms with E-state index in [0.29, 0.717) is 24.2 Å². The van der Waals surface area contributed by atoms with Gasteiger partial charge in [0, 0.05) is 43.1 Å². The van der Waals surface area contributed by atoms with Gasteiger partial charge in [0.25, 0.3) is 5.91 Å². The van der Waals surface area contributed by atoms with Crippen molar-refractivity contribution >= 4 is 11.6 Å². The van der Waals surface area contributed by atoms with Crippen LogP contribution in [-0.2, 0) is 6.54 Å². The predicted molar refractivity (Wildman–Crippen MR) is 103 cm³/mol. The van der Waals surface area contributed by atoms with Crippen LogP contribution in [-0.4, -0.2) is 45.3 Å².